The van der Waals surface area contributed by atoms with Crippen molar-refractivity contribution in [1.82, 2.24) is 20.1 Å². The van der Waals surface area contributed by atoms with Crippen LogP contribution in [0.2, 0.25) is 0 Å². The van der Waals surface area contributed by atoms with E-state index in [-0.39, 0.29) is 0 Å². The van der Waals surface area contributed by atoms with Gasteiger partial charge < -0.3 is 10.3 Å². The van der Waals surface area contributed by atoms with E-state index < -0.39 is 0 Å². The summed E-state index contributed by atoms with van der Waals surface area (Å²) in [6.45, 7) is 1.09. The van der Waals surface area contributed by atoms with Crippen molar-refractivity contribution in [2.75, 3.05) is 6.54 Å². The van der Waals surface area contributed by atoms with Gasteiger partial charge in [0.2, 0.25) is 0 Å². The summed E-state index contributed by atoms with van der Waals surface area (Å²) in [4.78, 5) is 3.08. The molecule has 2 aromatic rings. The third-order valence-electron chi connectivity index (χ3n) is 3.28. The fourth-order valence-corrected chi connectivity index (χ4v) is 3.29. The summed E-state index contributed by atoms with van der Waals surface area (Å²) in [5, 5.41) is 8.13. The van der Waals surface area contributed by atoms with E-state index in [4.69, 9.17) is 0 Å². The molecule has 2 aromatic heterocycles. The lowest BCUT2D eigenvalue weighted by atomic mass is 10.1. The summed E-state index contributed by atoms with van der Waals surface area (Å²) in [7, 11) is 1.99. The standard InChI is InChI=1S/C12H15BrN4/c1-17-12(8-4-6-14-7-8)10(13)11(16-17)9-3-2-5-15-9/h4,6-7,9,14-15H,2-3,5H2,1H3. The highest BCUT2D eigenvalue weighted by atomic mass is 79.9. The first-order chi connectivity index (χ1) is 8.27. The topological polar surface area (TPSA) is 45.6 Å². The Morgan fingerprint density at radius 3 is 3.06 bits per heavy atom. The molecule has 1 aliphatic heterocycles. The molecule has 17 heavy (non-hydrogen) atoms. The number of aromatic amines is 1. The van der Waals surface area contributed by atoms with Crippen LogP contribution in [0.1, 0.15) is 24.6 Å². The van der Waals surface area contributed by atoms with Crippen molar-refractivity contribution in [1.29, 1.82) is 0 Å². The molecule has 3 heterocycles. The second-order valence-corrected chi connectivity index (χ2v) is 5.21. The predicted octanol–water partition coefficient (Wildman–Crippen LogP) is 2.60. The Hall–Kier alpha value is -1.07. The Morgan fingerprint density at radius 1 is 1.53 bits per heavy atom. The molecule has 0 radical (unpaired) electrons. The van der Waals surface area contributed by atoms with Crippen molar-refractivity contribution in [3.63, 3.8) is 0 Å². The summed E-state index contributed by atoms with van der Waals surface area (Å²) in [5.74, 6) is 0. The van der Waals surface area contributed by atoms with Crippen LogP contribution >= 0.6 is 15.9 Å². The van der Waals surface area contributed by atoms with Crippen molar-refractivity contribution in [2.45, 2.75) is 18.9 Å². The Balaban J connectivity index is 2.05. The molecule has 0 amide bonds. The molecule has 0 spiro atoms. The fourth-order valence-electron chi connectivity index (χ4n) is 2.44. The average Bonchev–Trinajstić information content (AvgIpc) is 2.99. The number of aryl methyl sites for hydroxylation is 1. The lowest BCUT2D eigenvalue weighted by molar-refractivity contribution is 0.606. The van der Waals surface area contributed by atoms with Crippen LogP contribution in [0, 0.1) is 0 Å². The Bertz CT molecular complexity index is 509. The molecule has 1 aliphatic rings. The van der Waals surface area contributed by atoms with Gasteiger partial charge in [-0.25, -0.2) is 0 Å². The highest BCUT2D eigenvalue weighted by molar-refractivity contribution is 9.10. The first-order valence-corrected chi connectivity index (χ1v) is 6.65. The molecule has 0 bridgehead atoms. The van der Waals surface area contributed by atoms with Gasteiger partial charge in [-0.2, -0.15) is 5.10 Å². The molecule has 1 unspecified atom stereocenters. The second-order valence-electron chi connectivity index (χ2n) is 4.42. The molecule has 5 heteroatoms. The molecule has 1 saturated heterocycles. The van der Waals surface area contributed by atoms with Crippen molar-refractivity contribution in [3.8, 4) is 11.3 Å². The van der Waals surface area contributed by atoms with Crippen molar-refractivity contribution in [2.24, 2.45) is 7.05 Å². The Labute approximate surface area is 109 Å². The van der Waals surface area contributed by atoms with E-state index in [1.807, 2.05) is 24.1 Å². The summed E-state index contributed by atoms with van der Waals surface area (Å²) in [6.07, 6.45) is 6.32. The number of nitrogens with zero attached hydrogens (tertiary/aromatic N) is 2. The van der Waals surface area contributed by atoms with Crippen molar-refractivity contribution < 1.29 is 0 Å². The highest BCUT2D eigenvalue weighted by Gasteiger charge is 2.25. The third-order valence-corrected chi connectivity index (χ3v) is 4.06. The van der Waals surface area contributed by atoms with E-state index in [9.17, 15) is 0 Å². The number of aromatic nitrogens is 3. The largest absolute Gasteiger partial charge is 0.367 e. The van der Waals surface area contributed by atoms with Crippen LogP contribution in [-0.4, -0.2) is 21.3 Å². The van der Waals surface area contributed by atoms with E-state index in [0.29, 0.717) is 6.04 Å². The molecule has 0 aromatic carbocycles. The van der Waals surface area contributed by atoms with Gasteiger partial charge in [-0.15, -0.1) is 0 Å². The molecule has 4 nitrogen and oxygen atoms in total. The molecule has 2 N–H and O–H groups in total. The normalized spacial score (nSPS) is 20.0. The third kappa shape index (κ3) is 1.83. The van der Waals surface area contributed by atoms with E-state index in [2.05, 4.69) is 37.4 Å². The first kappa shape index (κ1) is 11.0. The van der Waals surface area contributed by atoms with Gasteiger partial charge in [-0.1, -0.05) is 0 Å². The predicted molar refractivity (Wildman–Crippen MR) is 70.7 cm³/mol. The molecule has 0 saturated carbocycles. The van der Waals surface area contributed by atoms with Gasteiger partial charge in [0.15, 0.2) is 0 Å². The van der Waals surface area contributed by atoms with Crippen LogP contribution < -0.4 is 5.32 Å². The van der Waals surface area contributed by atoms with E-state index >= 15 is 0 Å². The minimum absolute atomic E-state index is 0.392. The minimum atomic E-state index is 0.392. The van der Waals surface area contributed by atoms with Gasteiger partial charge in [-0.05, 0) is 41.4 Å². The zero-order valence-electron chi connectivity index (χ0n) is 9.70. The number of H-pyrrole nitrogens is 1. The molecule has 1 fully saturated rings. The summed E-state index contributed by atoms with van der Waals surface area (Å²) >= 11 is 3.70. The SMILES string of the molecule is Cn1nc(C2CCCN2)c(Br)c1-c1cc[nH]c1. The summed E-state index contributed by atoms with van der Waals surface area (Å²) in [5.41, 5.74) is 3.42. The van der Waals surface area contributed by atoms with E-state index in [1.54, 1.807) is 0 Å². The lowest BCUT2D eigenvalue weighted by Crippen LogP contribution is -2.14. The van der Waals surface area contributed by atoms with Gasteiger partial charge in [0, 0.05) is 25.0 Å². The number of hydrogen-bond donors (Lipinski definition) is 2. The second kappa shape index (κ2) is 4.31. The van der Waals surface area contributed by atoms with Gasteiger partial charge in [0.25, 0.3) is 0 Å². The Morgan fingerprint density at radius 2 is 2.41 bits per heavy atom. The number of halogens is 1. The summed E-state index contributed by atoms with van der Waals surface area (Å²) < 4.78 is 3.06. The van der Waals surface area contributed by atoms with E-state index in [0.717, 1.165) is 28.0 Å². The minimum Gasteiger partial charge on any atom is -0.367 e. The zero-order valence-corrected chi connectivity index (χ0v) is 11.3. The van der Waals surface area contributed by atoms with Crippen LogP contribution in [0.4, 0.5) is 0 Å². The quantitative estimate of drug-likeness (QED) is 0.894. The summed E-state index contributed by atoms with van der Waals surface area (Å²) in [6, 6.07) is 2.46. The van der Waals surface area contributed by atoms with Gasteiger partial charge in [-0.3, -0.25) is 4.68 Å². The molecule has 3 rings (SSSR count). The maximum absolute atomic E-state index is 4.64. The number of nitrogens with one attached hydrogen (secondary N) is 2. The first-order valence-electron chi connectivity index (χ1n) is 5.86. The molecule has 0 aliphatic carbocycles. The molecular formula is C12H15BrN4. The monoisotopic (exact) mass is 294 g/mol. The number of rotatable bonds is 2. The van der Waals surface area contributed by atoms with Crippen molar-refractivity contribution >= 4 is 15.9 Å². The lowest BCUT2D eigenvalue weighted by Gasteiger charge is -2.06. The van der Waals surface area contributed by atoms with E-state index in [1.165, 1.54) is 12.8 Å². The van der Waals surface area contributed by atoms with Crippen molar-refractivity contribution in [3.05, 3.63) is 28.6 Å². The smallest absolute Gasteiger partial charge is 0.0942 e. The van der Waals surface area contributed by atoms with Crippen LogP contribution in [0.3, 0.4) is 0 Å². The maximum Gasteiger partial charge on any atom is 0.0942 e. The molecule has 90 valence electrons. The molecule has 1 atom stereocenters. The van der Waals surface area contributed by atoms with Gasteiger partial charge in [0.1, 0.15) is 0 Å². The maximum atomic E-state index is 4.64. The van der Waals surface area contributed by atoms with Gasteiger partial charge >= 0.3 is 0 Å². The Kier molecular flexibility index (Phi) is 2.80. The van der Waals surface area contributed by atoms with Crippen LogP contribution in [0.5, 0.6) is 0 Å². The van der Waals surface area contributed by atoms with Crippen LogP contribution in [0.25, 0.3) is 11.3 Å². The van der Waals surface area contributed by atoms with Crippen LogP contribution in [0.15, 0.2) is 22.9 Å². The number of hydrogen-bond acceptors (Lipinski definition) is 2. The van der Waals surface area contributed by atoms with Gasteiger partial charge in [0.05, 0.1) is 21.9 Å². The highest BCUT2D eigenvalue weighted by Crippen LogP contribution is 2.35. The molecular weight excluding hydrogens is 280 g/mol. The average molecular weight is 295 g/mol. The zero-order chi connectivity index (χ0) is 11.8. The van der Waals surface area contributed by atoms with Crippen LogP contribution in [-0.2, 0) is 7.05 Å². The fraction of sp³-hybridized carbons (Fsp3) is 0.417.